The van der Waals surface area contributed by atoms with Crippen molar-refractivity contribution >= 4 is 11.8 Å². The summed E-state index contributed by atoms with van der Waals surface area (Å²) in [5, 5.41) is 11.2. The number of allylic oxidation sites excluding steroid dienone is 2. The van der Waals surface area contributed by atoms with Gasteiger partial charge in [-0.3, -0.25) is 5.73 Å². The van der Waals surface area contributed by atoms with Crippen molar-refractivity contribution in [3.8, 4) is 0 Å². The van der Waals surface area contributed by atoms with E-state index in [0.29, 0.717) is 0 Å². The van der Waals surface area contributed by atoms with E-state index in [2.05, 4.69) is 24.1 Å². The highest BCUT2D eigenvalue weighted by Crippen LogP contribution is 2.23. The van der Waals surface area contributed by atoms with Crippen molar-refractivity contribution < 1.29 is 14.4 Å². The number of unbranched alkanes of at least 4 members (excludes halogenated alkanes) is 17. The zero-order chi connectivity index (χ0) is 25.6. The predicted molar refractivity (Wildman–Crippen MR) is 148 cm³/mol. The number of hydrogen-bond acceptors (Lipinski definition) is 4. The van der Waals surface area contributed by atoms with Crippen LogP contribution in [0.15, 0.2) is 29.5 Å². The Labute approximate surface area is 216 Å². The highest BCUT2D eigenvalue weighted by atomic mass is 16.4. The molecule has 0 aromatic carbocycles. The molecule has 0 amide bonds. The van der Waals surface area contributed by atoms with Crippen LogP contribution in [0.25, 0.3) is 0 Å². The first-order valence-corrected chi connectivity index (χ1v) is 14.8. The number of nitrogens with zero attached hydrogens (tertiary/aromatic N) is 2. The lowest BCUT2D eigenvalue weighted by Gasteiger charge is -2.36. The van der Waals surface area contributed by atoms with Gasteiger partial charge in [0.2, 0.25) is 5.84 Å². The SMILES string of the molecule is CCCCCCCCCCCCC/C=C/CCCCCCCCC1=NC=C[N+]1(CC(=O)[O-])C(C)N. The summed E-state index contributed by atoms with van der Waals surface area (Å²) in [4.78, 5) is 15.6. The number of aliphatic carboxylic acids is 1. The minimum atomic E-state index is -1.09. The smallest absolute Gasteiger partial charge is 0.209 e. The molecule has 2 N–H and O–H groups in total. The Hall–Kier alpha value is -1.46. The van der Waals surface area contributed by atoms with Crippen LogP contribution in [-0.4, -0.2) is 29.0 Å². The van der Waals surface area contributed by atoms with Crippen LogP contribution >= 0.6 is 0 Å². The standard InChI is InChI=1S/C30H55N3O2/c1-3-4-5-6-7-8-9-10-11-12-13-14-15-16-17-18-19-20-21-22-23-24-29-32-25-26-33(29,28(2)31)27-30(34)35/h15-16,25-26,28H,3-14,17-24,27,31H2,1-2H3/b16-15+. The molecule has 0 spiro atoms. The van der Waals surface area contributed by atoms with E-state index in [1.54, 1.807) is 12.4 Å². The molecule has 2 unspecified atom stereocenters. The lowest BCUT2D eigenvalue weighted by atomic mass is 10.0. The Morgan fingerprint density at radius 1 is 0.857 bits per heavy atom. The number of amidine groups is 1. The molecule has 1 aliphatic heterocycles. The van der Waals surface area contributed by atoms with Gasteiger partial charge in [0.15, 0.2) is 0 Å². The van der Waals surface area contributed by atoms with Gasteiger partial charge in [-0.05, 0) is 32.1 Å². The average molecular weight is 490 g/mol. The second-order valence-corrected chi connectivity index (χ2v) is 10.5. The van der Waals surface area contributed by atoms with Crippen LogP contribution in [0.1, 0.15) is 142 Å². The largest absolute Gasteiger partial charge is 0.544 e. The average Bonchev–Trinajstić information content (AvgIpc) is 3.23. The molecule has 0 bridgehead atoms. The van der Waals surface area contributed by atoms with Crippen molar-refractivity contribution in [1.82, 2.24) is 0 Å². The zero-order valence-corrected chi connectivity index (χ0v) is 23.0. The van der Waals surface area contributed by atoms with Crippen molar-refractivity contribution in [2.75, 3.05) is 6.54 Å². The number of rotatable bonds is 24. The number of carboxylic acid groups (broad SMARTS) is 1. The second-order valence-electron chi connectivity index (χ2n) is 10.5. The molecule has 0 saturated heterocycles. The number of aliphatic imine (C=N–C) groups is 1. The maximum Gasteiger partial charge on any atom is 0.209 e. The summed E-state index contributed by atoms with van der Waals surface area (Å²) in [7, 11) is 0. The lowest BCUT2D eigenvalue weighted by Crippen LogP contribution is -2.60. The van der Waals surface area contributed by atoms with Gasteiger partial charge >= 0.3 is 0 Å². The lowest BCUT2D eigenvalue weighted by molar-refractivity contribution is -0.808. The van der Waals surface area contributed by atoms with Crippen molar-refractivity contribution in [2.45, 2.75) is 148 Å². The van der Waals surface area contributed by atoms with Gasteiger partial charge in [0.25, 0.3) is 0 Å². The van der Waals surface area contributed by atoms with Crippen LogP contribution in [-0.2, 0) is 4.79 Å². The molecule has 1 heterocycles. The third kappa shape index (κ3) is 14.6. The third-order valence-electron chi connectivity index (χ3n) is 7.32. The maximum absolute atomic E-state index is 11.2. The summed E-state index contributed by atoms with van der Waals surface area (Å²) in [6.07, 6.45) is 33.9. The van der Waals surface area contributed by atoms with Crippen molar-refractivity contribution in [3.05, 3.63) is 24.6 Å². The summed E-state index contributed by atoms with van der Waals surface area (Å²) >= 11 is 0. The number of hydrogen-bond donors (Lipinski definition) is 1. The Bertz CT molecular complexity index is 627. The molecule has 0 aromatic rings. The van der Waals surface area contributed by atoms with Crippen LogP contribution in [0.5, 0.6) is 0 Å². The van der Waals surface area contributed by atoms with Crippen LogP contribution in [0.4, 0.5) is 0 Å². The van der Waals surface area contributed by atoms with E-state index in [1.807, 2.05) is 6.92 Å². The molecule has 0 radical (unpaired) electrons. The number of nitrogens with two attached hydrogens (primary N) is 1. The van der Waals surface area contributed by atoms with Gasteiger partial charge < -0.3 is 9.90 Å². The molecular formula is C30H55N3O2. The number of carbonyl (C=O) groups is 1. The molecule has 0 aliphatic carbocycles. The topological polar surface area (TPSA) is 78.5 Å². The normalized spacial score (nSPS) is 18.4. The second kappa shape index (κ2) is 20.7. The quantitative estimate of drug-likeness (QED) is 0.0890. The summed E-state index contributed by atoms with van der Waals surface area (Å²) in [6.45, 7) is 3.98. The summed E-state index contributed by atoms with van der Waals surface area (Å²) in [5.74, 6) is -0.235. The minimum Gasteiger partial charge on any atom is -0.544 e. The first kappa shape index (κ1) is 31.6. The van der Waals surface area contributed by atoms with Crippen LogP contribution < -0.4 is 10.8 Å². The van der Waals surface area contributed by atoms with Gasteiger partial charge in [-0.2, -0.15) is 0 Å². The molecule has 0 saturated carbocycles. The zero-order valence-electron chi connectivity index (χ0n) is 23.0. The van der Waals surface area contributed by atoms with Crippen molar-refractivity contribution in [3.63, 3.8) is 0 Å². The molecule has 35 heavy (non-hydrogen) atoms. The van der Waals surface area contributed by atoms with Crippen LogP contribution in [0.2, 0.25) is 0 Å². The molecule has 0 aromatic heterocycles. The van der Waals surface area contributed by atoms with Gasteiger partial charge in [-0.1, -0.05) is 109 Å². The Morgan fingerprint density at radius 3 is 1.77 bits per heavy atom. The summed E-state index contributed by atoms with van der Waals surface area (Å²) in [5.41, 5.74) is 6.10. The van der Waals surface area contributed by atoms with E-state index in [0.717, 1.165) is 25.1 Å². The minimum absolute atomic E-state index is 0.105. The Morgan fingerprint density at radius 2 is 1.31 bits per heavy atom. The monoisotopic (exact) mass is 489 g/mol. The highest BCUT2D eigenvalue weighted by molar-refractivity contribution is 5.81. The van der Waals surface area contributed by atoms with Gasteiger partial charge in [0.1, 0.15) is 18.9 Å². The van der Waals surface area contributed by atoms with E-state index >= 15 is 0 Å². The van der Waals surface area contributed by atoms with Crippen LogP contribution in [0, 0.1) is 0 Å². The van der Waals surface area contributed by atoms with Gasteiger partial charge in [0.05, 0.1) is 12.2 Å². The molecule has 0 fully saturated rings. The first-order valence-electron chi connectivity index (χ1n) is 14.8. The van der Waals surface area contributed by atoms with E-state index in [1.165, 1.54) is 109 Å². The number of carboxylic acids is 1. The fourth-order valence-electron chi connectivity index (χ4n) is 4.99. The Kier molecular flexibility index (Phi) is 18.7. The molecule has 1 rings (SSSR count). The maximum atomic E-state index is 11.2. The fraction of sp³-hybridized carbons (Fsp3) is 0.800. The van der Waals surface area contributed by atoms with Crippen molar-refractivity contribution in [1.29, 1.82) is 0 Å². The fourth-order valence-corrected chi connectivity index (χ4v) is 4.99. The molecule has 1 aliphatic rings. The molecule has 202 valence electrons. The number of carbonyl (C=O) groups excluding carboxylic acids is 1. The predicted octanol–water partition coefficient (Wildman–Crippen LogP) is 7.12. The van der Waals surface area contributed by atoms with E-state index in [9.17, 15) is 9.90 Å². The summed E-state index contributed by atoms with van der Waals surface area (Å²) in [6, 6.07) is 0. The van der Waals surface area contributed by atoms with Gasteiger partial charge in [-0.25, -0.2) is 9.48 Å². The third-order valence-corrected chi connectivity index (χ3v) is 7.32. The van der Waals surface area contributed by atoms with E-state index < -0.39 is 5.97 Å². The molecular weight excluding hydrogens is 434 g/mol. The van der Waals surface area contributed by atoms with Crippen LogP contribution in [0.3, 0.4) is 0 Å². The highest BCUT2D eigenvalue weighted by Gasteiger charge is 2.38. The van der Waals surface area contributed by atoms with E-state index in [4.69, 9.17) is 5.73 Å². The van der Waals surface area contributed by atoms with E-state index in [-0.39, 0.29) is 17.2 Å². The summed E-state index contributed by atoms with van der Waals surface area (Å²) < 4.78 is 0.105. The molecule has 5 heteroatoms. The first-order chi connectivity index (χ1) is 17.0. The number of quaternary nitrogens is 1. The van der Waals surface area contributed by atoms with Gasteiger partial charge in [-0.15, -0.1) is 0 Å². The van der Waals surface area contributed by atoms with Gasteiger partial charge in [0, 0.05) is 13.3 Å². The molecule has 5 nitrogen and oxygen atoms in total. The Balaban J connectivity index is 1.90. The molecule has 2 atom stereocenters. The van der Waals surface area contributed by atoms with Crippen molar-refractivity contribution in [2.24, 2.45) is 10.7 Å².